The zero-order valence-electron chi connectivity index (χ0n) is 9.63. The van der Waals surface area contributed by atoms with Crippen molar-refractivity contribution < 1.29 is 9.90 Å². The van der Waals surface area contributed by atoms with Crippen LogP contribution in [0, 0.1) is 3.70 Å². The zero-order valence-corrected chi connectivity index (χ0v) is 12.6. The largest absolute Gasteiger partial charge is 0.478 e. The third-order valence-corrected chi connectivity index (χ3v) is 4.68. The van der Waals surface area contributed by atoms with Crippen LogP contribution in [0.25, 0.3) is 21.3 Å². The quantitative estimate of drug-likeness (QED) is 0.675. The molecule has 0 fully saturated rings. The minimum atomic E-state index is -0.906. The van der Waals surface area contributed by atoms with E-state index in [0.717, 1.165) is 25.0 Å². The number of hydrogen-bond donors (Lipinski definition) is 1. The van der Waals surface area contributed by atoms with E-state index in [1.807, 2.05) is 29.6 Å². The van der Waals surface area contributed by atoms with Crippen molar-refractivity contribution in [2.24, 2.45) is 0 Å². The molecule has 94 valence electrons. The number of aromatic nitrogens is 1. The van der Waals surface area contributed by atoms with Gasteiger partial charge in [0.05, 0.1) is 5.56 Å². The average molecular weight is 381 g/mol. The van der Waals surface area contributed by atoms with Crippen LogP contribution in [0.2, 0.25) is 0 Å². The Balaban J connectivity index is 2.16. The highest BCUT2D eigenvalue weighted by atomic mass is 127. The van der Waals surface area contributed by atoms with Gasteiger partial charge in [-0.2, -0.15) is 0 Å². The van der Waals surface area contributed by atoms with Gasteiger partial charge in [-0.25, -0.2) is 9.78 Å². The summed E-state index contributed by atoms with van der Waals surface area (Å²) in [5, 5.41) is 13.9. The summed E-state index contributed by atoms with van der Waals surface area (Å²) in [6.45, 7) is 0. The van der Waals surface area contributed by atoms with Crippen LogP contribution < -0.4 is 0 Å². The van der Waals surface area contributed by atoms with Gasteiger partial charge in [-0.15, -0.1) is 11.3 Å². The molecule has 0 unspecified atom stereocenters. The van der Waals surface area contributed by atoms with Crippen LogP contribution >= 0.6 is 33.9 Å². The Bertz CT molecular complexity index is 782. The number of carboxylic acids is 1. The van der Waals surface area contributed by atoms with Crippen molar-refractivity contribution in [3.63, 3.8) is 0 Å². The van der Waals surface area contributed by atoms with Gasteiger partial charge in [0.15, 0.2) is 0 Å². The number of carboxylic acid groups (broad SMARTS) is 1. The summed E-state index contributed by atoms with van der Waals surface area (Å²) < 4.78 is 0.969. The minimum Gasteiger partial charge on any atom is -0.478 e. The lowest BCUT2D eigenvalue weighted by Gasteiger charge is -2.02. The lowest BCUT2D eigenvalue weighted by atomic mass is 10.0. The first-order valence-electron chi connectivity index (χ1n) is 5.52. The molecular formula is C14H8INO2S. The molecule has 19 heavy (non-hydrogen) atoms. The van der Waals surface area contributed by atoms with E-state index in [4.69, 9.17) is 5.11 Å². The topological polar surface area (TPSA) is 50.2 Å². The molecule has 3 rings (SSSR count). The lowest BCUT2D eigenvalue weighted by Crippen LogP contribution is -1.95. The fourth-order valence-corrected chi connectivity index (χ4v) is 3.36. The lowest BCUT2D eigenvalue weighted by molar-refractivity contribution is 0.0697. The standard InChI is InChI=1S/C14H8INO2S/c15-12-7-19-13(16-12)9-3-1-8-2-4-10(14(17)18)6-11(8)5-9/h1-7H,(H,17,18). The number of aromatic carboxylic acids is 1. The number of carbonyl (C=O) groups is 1. The van der Waals surface area contributed by atoms with Crippen molar-refractivity contribution >= 4 is 50.7 Å². The van der Waals surface area contributed by atoms with Crippen molar-refractivity contribution in [1.82, 2.24) is 4.98 Å². The predicted molar refractivity (Wildman–Crippen MR) is 84.7 cm³/mol. The normalized spacial score (nSPS) is 10.8. The third kappa shape index (κ3) is 2.48. The minimum absolute atomic E-state index is 0.304. The van der Waals surface area contributed by atoms with Crippen molar-refractivity contribution in [1.29, 1.82) is 0 Å². The maximum atomic E-state index is 11.0. The smallest absolute Gasteiger partial charge is 0.335 e. The van der Waals surface area contributed by atoms with Crippen LogP contribution in [0.15, 0.2) is 41.8 Å². The molecule has 0 amide bonds. The first kappa shape index (κ1) is 12.6. The zero-order chi connectivity index (χ0) is 13.4. The van der Waals surface area contributed by atoms with Crippen LogP contribution in [0.1, 0.15) is 10.4 Å². The Morgan fingerprint density at radius 3 is 2.63 bits per heavy atom. The summed E-state index contributed by atoms with van der Waals surface area (Å²) in [7, 11) is 0. The Labute approximate surface area is 127 Å². The van der Waals surface area contributed by atoms with E-state index in [2.05, 4.69) is 27.6 Å². The van der Waals surface area contributed by atoms with Crippen molar-refractivity contribution in [2.45, 2.75) is 0 Å². The molecule has 0 radical (unpaired) electrons. The number of halogens is 1. The van der Waals surface area contributed by atoms with Crippen molar-refractivity contribution in [3.05, 3.63) is 51.0 Å². The molecule has 1 heterocycles. The van der Waals surface area contributed by atoms with Crippen molar-refractivity contribution in [3.8, 4) is 10.6 Å². The molecular weight excluding hydrogens is 373 g/mol. The third-order valence-electron chi connectivity index (χ3n) is 2.81. The van der Waals surface area contributed by atoms with Gasteiger partial charge in [-0.3, -0.25) is 0 Å². The summed E-state index contributed by atoms with van der Waals surface area (Å²) in [5.41, 5.74) is 1.32. The number of benzene rings is 2. The highest BCUT2D eigenvalue weighted by Gasteiger charge is 2.07. The monoisotopic (exact) mass is 381 g/mol. The SMILES string of the molecule is O=C(O)c1ccc2ccc(-c3nc(I)cs3)cc2c1. The second-order valence-corrected chi connectivity index (χ2v) is 6.02. The summed E-state index contributed by atoms with van der Waals surface area (Å²) in [4.78, 5) is 15.4. The first-order valence-corrected chi connectivity index (χ1v) is 7.48. The highest BCUT2D eigenvalue weighted by molar-refractivity contribution is 14.1. The van der Waals surface area contributed by atoms with E-state index in [9.17, 15) is 4.79 Å². The molecule has 0 atom stereocenters. The summed E-state index contributed by atoms with van der Waals surface area (Å²) in [5.74, 6) is -0.906. The molecule has 0 aliphatic rings. The van der Waals surface area contributed by atoms with Crippen LogP contribution in [-0.2, 0) is 0 Å². The molecule has 0 bridgehead atoms. The molecule has 2 aromatic carbocycles. The van der Waals surface area contributed by atoms with E-state index < -0.39 is 5.97 Å². The van der Waals surface area contributed by atoms with Gasteiger partial charge in [0.1, 0.15) is 8.71 Å². The van der Waals surface area contributed by atoms with Gasteiger partial charge in [-0.05, 0) is 51.6 Å². The molecule has 0 aliphatic carbocycles. The van der Waals surface area contributed by atoms with Gasteiger partial charge >= 0.3 is 5.97 Å². The Kier molecular flexibility index (Phi) is 3.24. The molecule has 0 saturated carbocycles. The van der Waals surface area contributed by atoms with Gasteiger partial charge in [-0.1, -0.05) is 18.2 Å². The number of hydrogen-bond acceptors (Lipinski definition) is 3. The molecule has 3 nitrogen and oxygen atoms in total. The fraction of sp³-hybridized carbons (Fsp3) is 0. The van der Waals surface area contributed by atoms with E-state index in [1.165, 1.54) is 0 Å². The van der Waals surface area contributed by atoms with Gasteiger partial charge in [0.25, 0.3) is 0 Å². The van der Waals surface area contributed by atoms with Gasteiger partial charge in [0.2, 0.25) is 0 Å². The van der Waals surface area contributed by atoms with Crippen molar-refractivity contribution in [2.75, 3.05) is 0 Å². The second kappa shape index (κ2) is 4.90. The Morgan fingerprint density at radius 2 is 1.95 bits per heavy atom. The summed E-state index contributed by atoms with van der Waals surface area (Å²) in [6.07, 6.45) is 0. The van der Waals surface area contributed by atoms with Gasteiger partial charge in [0, 0.05) is 10.9 Å². The number of nitrogens with zero attached hydrogens (tertiary/aromatic N) is 1. The van der Waals surface area contributed by atoms with Gasteiger partial charge < -0.3 is 5.11 Å². The predicted octanol–water partition coefficient (Wildman–Crippen LogP) is 4.27. The van der Waals surface area contributed by atoms with Crippen LogP contribution in [-0.4, -0.2) is 16.1 Å². The van der Waals surface area contributed by atoms with E-state index in [-0.39, 0.29) is 0 Å². The van der Waals surface area contributed by atoms with Crippen LogP contribution in [0.4, 0.5) is 0 Å². The van der Waals surface area contributed by atoms with E-state index >= 15 is 0 Å². The maximum absolute atomic E-state index is 11.0. The summed E-state index contributed by atoms with van der Waals surface area (Å²) >= 11 is 3.77. The summed E-state index contributed by atoms with van der Waals surface area (Å²) in [6, 6.07) is 11.1. The molecule has 0 spiro atoms. The highest BCUT2D eigenvalue weighted by Crippen LogP contribution is 2.28. The first-order chi connectivity index (χ1) is 9.13. The fourth-order valence-electron chi connectivity index (χ4n) is 1.90. The maximum Gasteiger partial charge on any atom is 0.335 e. The van der Waals surface area contributed by atoms with Crippen LogP contribution in [0.3, 0.4) is 0 Å². The molecule has 1 N–H and O–H groups in total. The Hall–Kier alpha value is -1.47. The molecule has 5 heteroatoms. The molecule has 3 aromatic rings. The van der Waals surface area contributed by atoms with E-state index in [1.54, 1.807) is 23.5 Å². The van der Waals surface area contributed by atoms with Crippen LogP contribution in [0.5, 0.6) is 0 Å². The number of fused-ring (bicyclic) bond motifs is 1. The number of rotatable bonds is 2. The average Bonchev–Trinajstić information content (AvgIpc) is 2.84. The Morgan fingerprint density at radius 1 is 1.16 bits per heavy atom. The number of thiazole rings is 1. The van der Waals surface area contributed by atoms with E-state index in [0.29, 0.717) is 5.56 Å². The molecule has 0 aliphatic heterocycles. The molecule has 0 saturated heterocycles. The molecule has 1 aromatic heterocycles. The second-order valence-electron chi connectivity index (χ2n) is 4.06.